The van der Waals surface area contributed by atoms with E-state index in [1.807, 2.05) is 55.5 Å². The van der Waals surface area contributed by atoms with E-state index in [0.717, 1.165) is 16.5 Å². The van der Waals surface area contributed by atoms with Crippen molar-refractivity contribution in [3.05, 3.63) is 120 Å². The molecule has 0 radical (unpaired) electrons. The molecule has 3 N–H and O–H groups in total. The number of carbonyl (C=O) groups excluding carboxylic acids is 1. The molecule has 43 heavy (non-hydrogen) atoms. The van der Waals surface area contributed by atoms with Crippen LogP contribution in [0.4, 0.5) is 10.1 Å². The van der Waals surface area contributed by atoms with Gasteiger partial charge in [0.2, 0.25) is 6.41 Å². The van der Waals surface area contributed by atoms with Crippen LogP contribution in [0.15, 0.2) is 107 Å². The second-order valence-corrected chi connectivity index (χ2v) is 9.62. The number of hydrogen-bond acceptors (Lipinski definition) is 7. The molecule has 220 valence electrons. The number of anilines is 1. The van der Waals surface area contributed by atoms with E-state index >= 15 is 0 Å². The summed E-state index contributed by atoms with van der Waals surface area (Å²) in [6.07, 6.45) is 12.3. The SMILES string of the molecule is C/C=C/C=C(\C=C\N=C(\CCCCC(=O)O)N(C=O)c1ccc(F)cc1)c1cc(C(N)c2cnc3ccccc3c2)on1. The molecular formula is C33H32FN5O4. The van der Waals surface area contributed by atoms with Gasteiger partial charge in [-0.15, -0.1) is 0 Å². The van der Waals surface area contributed by atoms with Crippen molar-refractivity contribution < 1.29 is 23.6 Å². The molecule has 0 spiro atoms. The smallest absolute Gasteiger partial charge is 0.303 e. The van der Waals surface area contributed by atoms with Crippen molar-refractivity contribution in [2.75, 3.05) is 4.90 Å². The van der Waals surface area contributed by atoms with Gasteiger partial charge in [0.1, 0.15) is 17.3 Å². The van der Waals surface area contributed by atoms with Crippen molar-refractivity contribution in [2.45, 2.75) is 38.6 Å². The number of hydrogen-bond donors (Lipinski definition) is 2. The van der Waals surface area contributed by atoms with Crippen molar-refractivity contribution in [2.24, 2.45) is 10.7 Å². The Kier molecular flexibility index (Phi) is 10.8. The lowest BCUT2D eigenvalue weighted by Gasteiger charge is -2.19. The predicted molar refractivity (Wildman–Crippen MR) is 165 cm³/mol. The molecule has 2 aromatic heterocycles. The number of carboxylic acid groups (broad SMARTS) is 1. The van der Waals surface area contributed by atoms with E-state index < -0.39 is 17.8 Å². The van der Waals surface area contributed by atoms with Gasteiger partial charge in [-0.2, -0.15) is 0 Å². The zero-order chi connectivity index (χ0) is 30.6. The third kappa shape index (κ3) is 8.40. The molecule has 1 unspecified atom stereocenters. The van der Waals surface area contributed by atoms with Crippen LogP contribution in [0.25, 0.3) is 16.5 Å². The molecule has 1 atom stereocenters. The van der Waals surface area contributed by atoms with Crippen LogP contribution in [0.2, 0.25) is 0 Å². The lowest BCUT2D eigenvalue weighted by Crippen LogP contribution is -2.29. The van der Waals surface area contributed by atoms with Crippen LogP contribution in [0.5, 0.6) is 0 Å². The van der Waals surface area contributed by atoms with E-state index in [2.05, 4.69) is 15.1 Å². The molecule has 0 saturated carbocycles. The third-order valence-corrected chi connectivity index (χ3v) is 6.58. The Balaban J connectivity index is 1.59. The largest absolute Gasteiger partial charge is 0.481 e. The summed E-state index contributed by atoms with van der Waals surface area (Å²) >= 11 is 0. The van der Waals surface area contributed by atoms with Crippen molar-refractivity contribution in [1.29, 1.82) is 0 Å². The number of nitrogens with zero attached hydrogens (tertiary/aromatic N) is 4. The molecule has 2 heterocycles. The number of rotatable bonds is 13. The number of amidine groups is 1. The zero-order valence-corrected chi connectivity index (χ0v) is 23.6. The fraction of sp³-hybridized carbons (Fsp3) is 0.182. The first-order valence-electron chi connectivity index (χ1n) is 13.7. The number of amides is 1. The summed E-state index contributed by atoms with van der Waals surface area (Å²) in [5.74, 6) is -0.499. The molecule has 10 heteroatoms. The van der Waals surface area contributed by atoms with Crippen LogP contribution in [-0.4, -0.2) is 33.5 Å². The van der Waals surface area contributed by atoms with Crippen LogP contribution < -0.4 is 10.6 Å². The number of aromatic nitrogens is 2. The van der Waals surface area contributed by atoms with E-state index in [1.54, 1.807) is 18.3 Å². The van der Waals surface area contributed by atoms with E-state index in [0.29, 0.717) is 54.2 Å². The number of aliphatic imine (C=N–C) groups is 1. The number of fused-ring (bicyclic) bond motifs is 1. The van der Waals surface area contributed by atoms with Gasteiger partial charge in [0.15, 0.2) is 5.76 Å². The maximum absolute atomic E-state index is 13.5. The summed E-state index contributed by atoms with van der Waals surface area (Å²) < 4.78 is 19.1. The number of halogens is 1. The van der Waals surface area contributed by atoms with Gasteiger partial charge in [-0.25, -0.2) is 9.38 Å². The summed E-state index contributed by atoms with van der Waals surface area (Å²) in [5.41, 5.74) is 9.79. The Labute approximate surface area is 248 Å². The van der Waals surface area contributed by atoms with Crippen LogP contribution in [-0.2, 0) is 9.59 Å². The van der Waals surface area contributed by atoms with Gasteiger partial charge in [-0.1, -0.05) is 41.6 Å². The van der Waals surface area contributed by atoms with Crippen LogP contribution in [0, 0.1) is 5.82 Å². The fourth-order valence-electron chi connectivity index (χ4n) is 4.30. The fourth-order valence-corrected chi connectivity index (χ4v) is 4.30. The average Bonchev–Trinajstić information content (AvgIpc) is 3.51. The zero-order valence-electron chi connectivity index (χ0n) is 23.6. The highest BCUT2D eigenvalue weighted by Crippen LogP contribution is 2.26. The van der Waals surface area contributed by atoms with Crippen molar-refractivity contribution >= 4 is 40.4 Å². The molecule has 0 aliphatic carbocycles. The average molecular weight is 582 g/mol. The molecule has 9 nitrogen and oxygen atoms in total. The Morgan fingerprint density at radius 3 is 2.65 bits per heavy atom. The second-order valence-electron chi connectivity index (χ2n) is 9.62. The lowest BCUT2D eigenvalue weighted by atomic mass is 10.0. The molecule has 2 aromatic carbocycles. The number of unbranched alkanes of at least 4 members (excludes halogenated alkanes) is 1. The first-order chi connectivity index (χ1) is 20.9. The lowest BCUT2D eigenvalue weighted by molar-refractivity contribution is -0.137. The second kappa shape index (κ2) is 15.1. The van der Waals surface area contributed by atoms with Crippen molar-refractivity contribution in [3.63, 3.8) is 0 Å². The van der Waals surface area contributed by atoms with Gasteiger partial charge in [0.25, 0.3) is 0 Å². The number of benzene rings is 2. The monoisotopic (exact) mass is 581 g/mol. The molecule has 0 fully saturated rings. The molecular weight excluding hydrogens is 549 g/mol. The predicted octanol–water partition coefficient (Wildman–Crippen LogP) is 6.59. The van der Waals surface area contributed by atoms with Gasteiger partial charge in [-0.3, -0.25) is 19.5 Å². The Morgan fingerprint density at radius 1 is 1.14 bits per heavy atom. The number of carbonyl (C=O) groups is 2. The summed E-state index contributed by atoms with van der Waals surface area (Å²) in [6, 6.07) is 16.4. The highest BCUT2D eigenvalue weighted by molar-refractivity contribution is 6.10. The first kappa shape index (κ1) is 30.7. The first-order valence-corrected chi connectivity index (χ1v) is 13.7. The number of nitrogens with two attached hydrogens (primary N) is 1. The standard InChI is InChI=1S/C33H32FN5O4/c1-2-3-8-23(29-20-30(43-38-29)33(35)25-19-24-9-4-5-10-28(24)37-21-25)17-18-36-31(11-6-7-12-32(41)42)39(22-40)27-15-13-26(34)14-16-27/h2-5,8-10,13-22,33H,6-7,11-12,35H2,1H3,(H,41,42)/b3-2+,18-17+,23-8+,36-31-. The quantitative estimate of drug-likeness (QED) is 0.0598. The summed E-state index contributed by atoms with van der Waals surface area (Å²) in [6.45, 7) is 1.88. The molecule has 0 bridgehead atoms. The van der Waals surface area contributed by atoms with Crippen LogP contribution in [0.1, 0.15) is 55.7 Å². The van der Waals surface area contributed by atoms with Crippen molar-refractivity contribution in [1.82, 2.24) is 10.1 Å². The topological polar surface area (TPSA) is 135 Å². The summed E-state index contributed by atoms with van der Waals surface area (Å²) in [5, 5.41) is 14.2. The maximum Gasteiger partial charge on any atom is 0.303 e. The van der Waals surface area contributed by atoms with E-state index in [1.165, 1.54) is 35.4 Å². The van der Waals surface area contributed by atoms with E-state index in [4.69, 9.17) is 15.4 Å². The van der Waals surface area contributed by atoms with Gasteiger partial charge in [-0.05, 0) is 67.8 Å². The maximum atomic E-state index is 13.5. The van der Waals surface area contributed by atoms with Gasteiger partial charge >= 0.3 is 5.97 Å². The Bertz CT molecular complexity index is 1670. The highest BCUT2D eigenvalue weighted by atomic mass is 19.1. The Morgan fingerprint density at radius 2 is 1.91 bits per heavy atom. The van der Waals surface area contributed by atoms with Gasteiger partial charge in [0.05, 0.1) is 11.6 Å². The number of para-hydroxylation sites is 1. The van der Waals surface area contributed by atoms with Crippen molar-refractivity contribution in [3.8, 4) is 0 Å². The van der Waals surface area contributed by atoms with Gasteiger partial charge < -0.3 is 15.4 Å². The van der Waals surface area contributed by atoms with E-state index in [9.17, 15) is 14.0 Å². The molecule has 0 aliphatic heterocycles. The molecule has 0 saturated heterocycles. The van der Waals surface area contributed by atoms with Crippen LogP contribution >= 0.6 is 0 Å². The van der Waals surface area contributed by atoms with Crippen LogP contribution in [0.3, 0.4) is 0 Å². The number of carboxylic acids is 1. The normalized spacial score (nSPS) is 13.2. The molecule has 1 amide bonds. The van der Waals surface area contributed by atoms with E-state index in [-0.39, 0.29) is 6.42 Å². The number of aliphatic carboxylic acids is 1. The summed E-state index contributed by atoms with van der Waals surface area (Å²) in [7, 11) is 0. The number of allylic oxidation sites excluding steroid dienone is 5. The highest BCUT2D eigenvalue weighted by Gasteiger charge is 2.17. The molecule has 0 aliphatic rings. The minimum atomic E-state index is -0.897. The minimum Gasteiger partial charge on any atom is -0.481 e. The number of pyridine rings is 1. The molecule has 4 rings (SSSR count). The third-order valence-electron chi connectivity index (χ3n) is 6.58. The Hall–Kier alpha value is -5.22. The molecule has 4 aromatic rings. The van der Waals surface area contributed by atoms with Gasteiger partial charge in [0, 0.05) is 48.0 Å². The minimum absolute atomic E-state index is 0.00287. The summed E-state index contributed by atoms with van der Waals surface area (Å²) in [4.78, 5) is 33.3.